The van der Waals surface area contributed by atoms with Crippen molar-refractivity contribution in [2.24, 2.45) is 5.10 Å². The number of hydrazone groups is 1. The Labute approximate surface area is 179 Å². The number of halogens is 2. The average molecular weight is 430 g/mol. The normalized spacial score (nSPS) is 11.1. The van der Waals surface area contributed by atoms with Crippen LogP contribution in [0.15, 0.2) is 47.6 Å². The minimum absolute atomic E-state index is 0.277. The van der Waals surface area contributed by atoms with Crippen molar-refractivity contribution in [1.29, 1.82) is 0 Å². The zero-order valence-corrected chi connectivity index (χ0v) is 17.9. The smallest absolute Gasteiger partial charge is 0.191 e. The van der Waals surface area contributed by atoms with E-state index in [0.29, 0.717) is 22.4 Å². The molecule has 2 N–H and O–H groups in total. The van der Waals surface area contributed by atoms with Crippen molar-refractivity contribution in [3.05, 3.63) is 81.4 Å². The van der Waals surface area contributed by atoms with Crippen molar-refractivity contribution in [1.82, 2.24) is 15.2 Å². The number of hydrogen-bond acceptors (Lipinski definition) is 3. The predicted octanol–water partition coefficient (Wildman–Crippen LogP) is 4.97. The molecule has 8 heteroatoms. The average Bonchev–Trinajstić information content (AvgIpc) is 2.93. The molecule has 0 unspecified atom stereocenters. The van der Waals surface area contributed by atoms with Gasteiger partial charge in [-0.3, -0.25) is 5.43 Å². The summed E-state index contributed by atoms with van der Waals surface area (Å²) in [6.07, 6.45) is 1.59. The van der Waals surface area contributed by atoms with Gasteiger partial charge in [0.2, 0.25) is 0 Å². The summed E-state index contributed by atoms with van der Waals surface area (Å²) in [5, 5.41) is 12.6. The minimum atomic E-state index is -0.277. The maximum Gasteiger partial charge on any atom is 0.191 e. The Morgan fingerprint density at radius 2 is 1.93 bits per heavy atom. The van der Waals surface area contributed by atoms with Crippen LogP contribution >= 0.6 is 23.8 Å². The standard InChI is InChI=1S/C21H21ClFN5S/c1-13-4-9-19(14(2)10-13)25-21(29)26-24-11-18-15(3)27-28(20(18)22)12-16-5-7-17(23)8-6-16/h4-11H,12H2,1-3H3,(H2,25,26,29). The lowest BCUT2D eigenvalue weighted by molar-refractivity contribution is 0.624. The zero-order chi connectivity index (χ0) is 21.0. The van der Waals surface area contributed by atoms with Gasteiger partial charge in [-0.25, -0.2) is 9.07 Å². The van der Waals surface area contributed by atoms with Crippen molar-refractivity contribution < 1.29 is 4.39 Å². The van der Waals surface area contributed by atoms with Gasteiger partial charge in [0.05, 0.1) is 24.0 Å². The first-order valence-corrected chi connectivity index (χ1v) is 9.77. The van der Waals surface area contributed by atoms with Gasteiger partial charge in [-0.15, -0.1) is 0 Å². The molecule has 1 heterocycles. The van der Waals surface area contributed by atoms with E-state index in [2.05, 4.69) is 27.0 Å². The largest absolute Gasteiger partial charge is 0.331 e. The van der Waals surface area contributed by atoms with E-state index in [1.807, 2.05) is 32.9 Å². The van der Waals surface area contributed by atoms with Crippen LogP contribution < -0.4 is 10.7 Å². The van der Waals surface area contributed by atoms with Gasteiger partial charge in [0, 0.05) is 5.69 Å². The van der Waals surface area contributed by atoms with Crippen molar-refractivity contribution in [2.45, 2.75) is 27.3 Å². The van der Waals surface area contributed by atoms with Gasteiger partial charge in [0.1, 0.15) is 11.0 Å². The molecule has 0 spiro atoms. The summed E-state index contributed by atoms with van der Waals surface area (Å²) in [7, 11) is 0. The van der Waals surface area contributed by atoms with Gasteiger partial charge in [0.15, 0.2) is 5.11 Å². The first-order valence-electron chi connectivity index (χ1n) is 8.98. The van der Waals surface area contributed by atoms with Crippen LogP contribution in [0, 0.1) is 26.6 Å². The Balaban J connectivity index is 1.65. The quantitative estimate of drug-likeness (QED) is 0.341. The van der Waals surface area contributed by atoms with E-state index < -0.39 is 0 Å². The summed E-state index contributed by atoms with van der Waals surface area (Å²) in [6, 6.07) is 12.3. The van der Waals surface area contributed by atoms with E-state index in [0.717, 1.165) is 22.5 Å². The second kappa shape index (κ2) is 9.15. The Kier molecular flexibility index (Phi) is 6.61. The lowest BCUT2D eigenvalue weighted by atomic mass is 10.1. The lowest BCUT2D eigenvalue weighted by Gasteiger charge is -2.10. The van der Waals surface area contributed by atoms with Crippen molar-refractivity contribution in [3.63, 3.8) is 0 Å². The molecular formula is C21H21ClFN5S. The predicted molar refractivity (Wildman–Crippen MR) is 120 cm³/mol. The highest BCUT2D eigenvalue weighted by Crippen LogP contribution is 2.19. The van der Waals surface area contributed by atoms with Crippen LogP contribution in [0.5, 0.6) is 0 Å². The Bertz CT molecular complexity index is 1060. The second-order valence-corrected chi connectivity index (χ2v) is 7.48. The molecule has 0 saturated heterocycles. The van der Waals surface area contributed by atoms with Crippen molar-refractivity contribution in [3.8, 4) is 0 Å². The number of aromatic nitrogens is 2. The molecule has 0 aliphatic carbocycles. The van der Waals surface area contributed by atoms with E-state index in [4.69, 9.17) is 23.8 Å². The van der Waals surface area contributed by atoms with Crippen LogP contribution in [0.3, 0.4) is 0 Å². The first-order chi connectivity index (χ1) is 13.8. The molecule has 29 heavy (non-hydrogen) atoms. The number of hydrogen-bond donors (Lipinski definition) is 2. The van der Waals surface area contributed by atoms with Crippen molar-refractivity contribution >= 4 is 40.8 Å². The molecule has 0 aliphatic rings. The van der Waals surface area contributed by atoms with Gasteiger partial charge in [-0.2, -0.15) is 10.2 Å². The molecule has 0 bridgehead atoms. The van der Waals surface area contributed by atoms with Gasteiger partial charge in [-0.05, 0) is 62.3 Å². The van der Waals surface area contributed by atoms with Gasteiger partial charge in [0.25, 0.3) is 0 Å². The van der Waals surface area contributed by atoms with Crippen molar-refractivity contribution in [2.75, 3.05) is 5.32 Å². The van der Waals surface area contributed by atoms with Crippen LogP contribution in [0.25, 0.3) is 0 Å². The third-order valence-electron chi connectivity index (χ3n) is 4.34. The molecule has 0 amide bonds. The monoisotopic (exact) mass is 429 g/mol. The molecule has 150 valence electrons. The summed E-state index contributed by atoms with van der Waals surface area (Å²) >= 11 is 11.7. The highest BCUT2D eigenvalue weighted by molar-refractivity contribution is 7.80. The maximum atomic E-state index is 13.1. The molecule has 2 aromatic carbocycles. The number of benzene rings is 2. The fourth-order valence-corrected chi connectivity index (χ4v) is 3.29. The van der Waals surface area contributed by atoms with E-state index in [-0.39, 0.29) is 5.82 Å². The van der Waals surface area contributed by atoms with Gasteiger partial charge < -0.3 is 5.32 Å². The molecule has 0 fully saturated rings. The molecule has 0 saturated carbocycles. The molecule has 3 aromatic rings. The number of nitrogens with one attached hydrogen (secondary N) is 2. The summed E-state index contributed by atoms with van der Waals surface area (Å²) in [4.78, 5) is 0. The number of rotatable bonds is 5. The molecule has 3 rings (SSSR count). The van der Waals surface area contributed by atoms with Crippen LogP contribution in [0.2, 0.25) is 5.15 Å². The maximum absolute atomic E-state index is 13.1. The highest BCUT2D eigenvalue weighted by Gasteiger charge is 2.12. The van der Waals surface area contributed by atoms with Crippen LogP contribution in [0.1, 0.15) is 27.9 Å². The lowest BCUT2D eigenvalue weighted by Crippen LogP contribution is -2.24. The summed E-state index contributed by atoms with van der Waals surface area (Å²) in [5.74, 6) is -0.277. The van der Waals surface area contributed by atoms with E-state index in [1.165, 1.54) is 17.7 Å². The summed E-state index contributed by atoms with van der Waals surface area (Å²) in [5.41, 5.74) is 8.32. The topological polar surface area (TPSA) is 54.2 Å². The zero-order valence-electron chi connectivity index (χ0n) is 16.3. The fraction of sp³-hybridized carbons (Fsp3) is 0.190. The van der Waals surface area contributed by atoms with Crippen LogP contribution in [-0.4, -0.2) is 21.1 Å². The van der Waals surface area contributed by atoms with Crippen LogP contribution in [0.4, 0.5) is 10.1 Å². The summed E-state index contributed by atoms with van der Waals surface area (Å²) < 4.78 is 14.7. The minimum Gasteiger partial charge on any atom is -0.331 e. The summed E-state index contributed by atoms with van der Waals surface area (Å²) in [6.45, 7) is 6.34. The van der Waals surface area contributed by atoms with E-state index in [1.54, 1.807) is 23.0 Å². The van der Waals surface area contributed by atoms with E-state index in [9.17, 15) is 4.39 Å². The number of thiocarbonyl (C=S) groups is 1. The molecule has 0 atom stereocenters. The first kappa shape index (κ1) is 21.0. The number of nitrogens with zero attached hydrogens (tertiary/aromatic N) is 3. The van der Waals surface area contributed by atoms with Crippen LogP contribution in [-0.2, 0) is 6.54 Å². The van der Waals surface area contributed by atoms with Gasteiger partial charge >= 0.3 is 0 Å². The molecule has 0 aliphatic heterocycles. The second-order valence-electron chi connectivity index (χ2n) is 6.72. The Hall–Kier alpha value is -2.77. The molecular weight excluding hydrogens is 409 g/mol. The van der Waals surface area contributed by atoms with Gasteiger partial charge in [-0.1, -0.05) is 41.4 Å². The SMILES string of the molecule is Cc1ccc(NC(=S)NN=Cc2c(C)nn(Cc3ccc(F)cc3)c2Cl)c(C)c1. The highest BCUT2D eigenvalue weighted by atomic mass is 35.5. The third kappa shape index (κ3) is 5.40. The van der Waals surface area contributed by atoms with E-state index >= 15 is 0 Å². The third-order valence-corrected chi connectivity index (χ3v) is 4.94. The Morgan fingerprint density at radius 1 is 1.21 bits per heavy atom. The Morgan fingerprint density at radius 3 is 2.62 bits per heavy atom. The number of anilines is 1. The molecule has 0 radical (unpaired) electrons. The number of aryl methyl sites for hydroxylation is 3. The fourth-order valence-electron chi connectivity index (χ4n) is 2.84. The molecule has 1 aromatic heterocycles. The molecule has 5 nitrogen and oxygen atoms in total.